The van der Waals surface area contributed by atoms with Crippen LogP contribution in [0.1, 0.15) is 0 Å². The molecule has 1 aromatic carbocycles. The first kappa shape index (κ1) is 9.48. The number of nitrogen functional groups attached to an aromatic ring is 1. The zero-order valence-electron chi connectivity index (χ0n) is 6.98. The fraction of sp³-hybridized carbons (Fsp3) is 0. The molecule has 6 heteroatoms. The fourth-order valence-electron chi connectivity index (χ4n) is 1.03. The Balaban J connectivity index is 2.47. The molecule has 0 fully saturated rings. The van der Waals surface area contributed by atoms with E-state index in [9.17, 15) is 0 Å². The number of anilines is 1. The van der Waals surface area contributed by atoms with Crippen molar-refractivity contribution in [1.82, 2.24) is 14.8 Å². The maximum atomic E-state index is 5.93. The lowest BCUT2D eigenvalue weighted by molar-refractivity contribution is 0.883. The first-order valence-corrected chi connectivity index (χ1v) is 4.96. The standard InChI is InChI=1S/C8H6BrClN4/c9-6-2-1-5(3-7(6)10)14-4-12-8(11)13-14/h1-4H,(H2,11,13). The van der Waals surface area contributed by atoms with E-state index >= 15 is 0 Å². The highest BCUT2D eigenvalue weighted by molar-refractivity contribution is 9.10. The molecule has 0 radical (unpaired) electrons. The third-order valence-electron chi connectivity index (χ3n) is 1.68. The van der Waals surface area contributed by atoms with E-state index in [1.165, 1.54) is 6.33 Å². The second-order valence-electron chi connectivity index (χ2n) is 2.65. The topological polar surface area (TPSA) is 56.7 Å². The van der Waals surface area contributed by atoms with E-state index in [4.69, 9.17) is 17.3 Å². The number of nitrogens with two attached hydrogens (primary N) is 1. The van der Waals surface area contributed by atoms with E-state index < -0.39 is 0 Å². The van der Waals surface area contributed by atoms with E-state index in [1.54, 1.807) is 10.7 Å². The Morgan fingerprint density at radius 3 is 2.79 bits per heavy atom. The molecule has 0 amide bonds. The minimum atomic E-state index is 0.240. The van der Waals surface area contributed by atoms with Crippen LogP contribution in [0.15, 0.2) is 29.0 Å². The van der Waals surface area contributed by atoms with Gasteiger partial charge in [-0.2, -0.15) is 0 Å². The van der Waals surface area contributed by atoms with E-state index in [1.807, 2.05) is 12.1 Å². The summed E-state index contributed by atoms with van der Waals surface area (Å²) < 4.78 is 2.41. The van der Waals surface area contributed by atoms with Crippen molar-refractivity contribution in [3.05, 3.63) is 34.0 Å². The van der Waals surface area contributed by atoms with Gasteiger partial charge < -0.3 is 5.73 Å². The molecule has 0 atom stereocenters. The third-order valence-corrected chi connectivity index (χ3v) is 2.91. The van der Waals surface area contributed by atoms with Crippen LogP contribution in [0.4, 0.5) is 5.95 Å². The molecule has 14 heavy (non-hydrogen) atoms. The molecular weight excluding hydrogens is 267 g/mol. The molecule has 0 aliphatic heterocycles. The molecule has 0 unspecified atom stereocenters. The Bertz CT molecular complexity index is 468. The van der Waals surface area contributed by atoms with Gasteiger partial charge in [-0.3, -0.25) is 0 Å². The van der Waals surface area contributed by atoms with Crippen molar-refractivity contribution >= 4 is 33.5 Å². The largest absolute Gasteiger partial charge is 0.366 e. The molecule has 1 aromatic heterocycles. The van der Waals surface area contributed by atoms with Gasteiger partial charge in [-0.1, -0.05) is 11.6 Å². The minimum Gasteiger partial charge on any atom is -0.366 e. The molecule has 2 N–H and O–H groups in total. The molecule has 2 aromatic rings. The molecule has 1 heterocycles. The predicted molar refractivity (Wildman–Crippen MR) is 58.5 cm³/mol. The van der Waals surface area contributed by atoms with Crippen LogP contribution in [-0.2, 0) is 0 Å². The lowest BCUT2D eigenvalue weighted by atomic mass is 10.3. The van der Waals surface area contributed by atoms with Crippen LogP contribution in [0.25, 0.3) is 5.69 Å². The number of nitrogens with zero attached hydrogens (tertiary/aromatic N) is 3. The van der Waals surface area contributed by atoms with E-state index in [2.05, 4.69) is 26.0 Å². The van der Waals surface area contributed by atoms with Crippen molar-refractivity contribution < 1.29 is 0 Å². The second kappa shape index (κ2) is 3.59. The van der Waals surface area contributed by atoms with Crippen LogP contribution in [-0.4, -0.2) is 14.8 Å². The summed E-state index contributed by atoms with van der Waals surface area (Å²) in [7, 11) is 0. The van der Waals surface area contributed by atoms with Gasteiger partial charge in [0.25, 0.3) is 0 Å². The molecule has 0 spiro atoms. The quantitative estimate of drug-likeness (QED) is 0.867. The average Bonchev–Trinajstić information content (AvgIpc) is 2.57. The monoisotopic (exact) mass is 272 g/mol. The molecule has 0 bridgehead atoms. The van der Waals surface area contributed by atoms with Crippen LogP contribution in [0.5, 0.6) is 0 Å². The zero-order chi connectivity index (χ0) is 10.1. The molecule has 4 nitrogen and oxygen atoms in total. The van der Waals surface area contributed by atoms with Gasteiger partial charge in [0.1, 0.15) is 6.33 Å². The van der Waals surface area contributed by atoms with Gasteiger partial charge in [0.15, 0.2) is 0 Å². The van der Waals surface area contributed by atoms with Crippen LogP contribution >= 0.6 is 27.5 Å². The molecule has 0 aliphatic carbocycles. The number of aromatic nitrogens is 3. The highest BCUT2D eigenvalue weighted by atomic mass is 79.9. The average molecular weight is 274 g/mol. The summed E-state index contributed by atoms with van der Waals surface area (Å²) in [6.07, 6.45) is 1.54. The van der Waals surface area contributed by atoms with Crippen LogP contribution in [0.3, 0.4) is 0 Å². The molecule has 0 saturated carbocycles. The van der Waals surface area contributed by atoms with Crippen LogP contribution in [0, 0.1) is 0 Å². The van der Waals surface area contributed by atoms with E-state index in [0.717, 1.165) is 10.2 Å². The van der Waals surface area contributed by atoms with Gasteiger partial charge in [0.2, 0.25) is 5.95 Å². The zero-order valence-corrected chi connectivity index (χ0v) is 9.33. The van der Waals surface area contributed by atoms with Crippen molar-refractivity contribution in [2.24, 2.45) is 0 Å². The summed E-state index contributed by atoms with van der Waals surface area (Å²) in [5.74, 6) is 0.240. The van der Waals surface area contributed by atoms with Gasteiger partial charge in [0.05, 0.1) is 10.7 Å². The van der Waals surface area contributed by atoms with E-state index in [-0.39, 0.29) is 5.95 Å². The van der Waals surface area contributed by atoms with Crippen LogP contribution in [0.2, 0.25) is 5.02 Å². The minimum absolute atomic E-state index is 0.240. The molecule has 72 valence electrons. The Kier molecular flexibility index (Phi) is 2.43. The van der Waals surface area contributed by atoms with Gasteiger partial charge in [-0.05, 0) is 34.1 Å². The predicted octanol–water partition coefficient (Wildman–Crippen LogP) is 2.27. The fourth-order valence-corrected chi connectivity index (χ4v) is 1.45. The van der Waals surface area contributed by atoms with Gasteiger partial charge in [-0.25, -0.2) is 9.67 Å². The van der Waals surface area contributed by atoms with Crippen molar-refractivity contribution in [2.45, 2.75) is 0 Å². The van der Waals surface area contributed by atoms with Crippen molar-refractivity contribution in [1.29, 1.82) is 0 Å². The number of hydrogen-bond acceptors (Lipinski definition) is 3. The summed E-state index contributed by atoms with van der Waals surface area (Å²) in [6.45, 7) is 0. The molecular formula is C8H6BrClN4. The highest BCUT2D eigenvalue weighted by Gasteiger charge is 2.02. The SMILES string of the molecule is Nc1ncn(-c2ccc(Br)c(Cl)c2)n1. The Hall–Kier alpha value is -1.07. The summed E-state index contributed by atoms with van der Waals surface area (Å²) in [4.78, 5) is 3.82. The number of halogens is 2. The Labute approximate surface area is 93.8 Å². The number of hydrogen-bond donors (Lipinski definition) is 1. The second-order valence-corrected chi connectivity index (χ2v) is 3.91. The summed E-state index contributed by atoms with van der Waals surface area (Å²) in [5, 5.41) is 4.58. The third kappa shape index (κ3) is 1.73. The molecule has 2 rings (SSSR count). The first-order chi connectivity index (χ1) is 6.66. The Morgan fingerprint density at radius 1 is 1.43 bits per heavy atom. The van der Waals surface area contributed by atoms with Gasteiger partial charge in [0, 0.05) is 4.47 Å². The number of rotatable bonds is 1. The van der Waals surface area contributed by atoms with Crippen molar-refractivity contribution in [3.8, 4) is 5.69 Å². The highest BCUT2D eigenvalue weighted by Crippen LogP contribution is 2.24. The van der Waals surface area contributed by atoms with Gasteiger partial charge in [-0.15, -0.1) is 5.10 Å². The maximum Gasteiger partial charge on any atom is 0.239 e. The summed E-state index contributed by atoms with van der Waals surface area (Å²) in [5.41, 5.74) is 6.22. The maximum absolute atomic E-state index is 5.93. The van der Waals surface area contributed by atoms with Crippen molar-refractivity contribution in [2.75, 3.05) is 5.73 Å². The molecule has 0 aliphatic rings. The number of benzene rings is 1. The smallest absolute Gasteiger partial charge is 0.239 e. The first-order valence-electron chi connectivity index (χ1n) is 3.79. The summed E-state index contributed by atoms with van der Waals surface area (Å²) >= 11 is 9.24. The van der Waals surface area contributed by atoms with E-state index in [0.29, 0.717) is 5.02 Å². The normalized spacial score (nSPS) is 10.4. The van der Waals surface area contributed by atoms with Crippen molar-refractivity contribution in [3.63, 3.8) is 0 Å². The lowest BCUT2D eigenvalue weighted by Crippen LogP contribution is -1.96. The summed E-state index contributed by atoms with van der Waals surface area (Å²) in [6, 6.07) is 5.49. The lowest BCUT2D eigenvalue weighted by Gasteiger charge is -2.01. The van der Waals surface area contributed by atoms with Gasteiger partial charge >= 0.3 is 0 Å². The van der Waals surface area contributed by atoms with Crippen LogP contribution < -0.4 is 5.73 Å². The molecule has 0 saturated heterocycles. The Morgan fingerprint density at radius 2 is 2.21 bits per heavy atom.